The Kier molecular flexibility index (Phi) is 4.53. The van der Waals surface area contributed by atoms with Gasteiger partial charge in [0.05, 0.1) is 0 Å². The summed E-state index contributed by atoms with van der Waals surface area (Å²) in [6.07, 6.45) is 2.22. The van der Waals surface area contributed by atoms with Crippen LogP contribution in [0.1, 0.15) is 26.2 Å². The molecule has 1 unspecified atom stereocenters. The van der Waals surface area contributed by atoms with Gasteiger partial charge in [0.25, 0.3) is 0 Å². The molecule has 19 heavy (non-hydrogen) atoms. The van der Waals surface area contributed by atoms with Crippen molar-refractivity contribution in [1.82, 2.24) is 0 Å². The minimum absolute atomic E-state index is 0.0528. The van der Waals surface area contributed by atoms with Gasteiger partial charge in [-0.05, 0) is 31.2 Å². The van der Waals surface area contributed by atoms with Crippen molar-refractivity contribution in [2.75, 3.05) is 5.32 Å². The molecule has 1 atom stereocenters. The van der Waals surface area contributed by atoms with Crippen LogP contribution in [-0.2, 0) is 4.79 Å². The largest absolute Gasteiger partial charge is 0.328 e. The number of hydrogen-bond acceptors (Lipinski definition) is 2. The number of carbonyl (C=O) groups is 1. The topological polar surface area (TPSA) is 55.1 Å². The number of carbonyl (C=O) groups excluding carboxylic acids is 1. The molecule has 0 spiro atoms. The summed E-state index contributed by atoms with van der Waals surface area (Å²) in [7, 11) is 0. The van der Waals surface area contributed by atoms with Crippen LogP contribution < -0.4 is 11.1 Å². The number of fused-ring (bicyclic) bond motifs is 1. The Hall–Kier alpha value is -1.87. The molecule has 0 aliphatic rings. The van der Waals surface area contributed by atoms with E-state index in [0.29, 0.717) is 6.42 Å². The van der Waals surface area contributed by atoms with E-state index in [4.69, 9.17) is 5.73 Å². The predicted molar refractivity (Wildman–Crippen MR) is 80.1 cm³/mol. The van der Waals surface area contributed by atoms with Crippen LogP contribution in [0.15, 0.2) is 42.5 Å². The van der Waals surface area contributed by atoms with Crippen LogP contribution in [0, 0.1) is 0 Å². The van der Waals surface area contributed by atoms with Gasteiger partial charge in [-0.2, -0.15) is 0 Å². The molecule has 3 N–H and O–H groups in total. The number of rotatable bonds is 5. The Morgan fingerprint density at radius 1 is 1.21 bits per heavy atom. The number of amides is 1. The lowest BCUT2D eigenvalue weighted by Gasteiger charge is -2.09. The summed E-state index contributed by atoms with van der Waals surface area (Å²) in [5.74, 6) is 0.0528. The van der Waals surface area contributed by atoms with E-state index in [9.17, 15) is 4.79 Å². The summed E-state index contributed by atoms with van der Waals surface area (Å²) in [5, 5.41) is 5.19. The van der Waals surface area contributed by atoms with E-state index in [-0.39, 0.29) is 11.9 Å². The lowest BCUT2D eigenvalue weighted by atomic mass is 10.1. The van der Waals surface area contributed by atoms with Crippen molar-refractivity contribution in [2.45, 2.75) is 32.2 Å². The molecule has 0 aromatic heterocycles. The van der Waals surface area contributed by atoms with Gasteiger partial charge in [0.2, 0.25) is 5.91 Å². The van der Waals surface area contributed by atoms with Gasteiger partial charge < -0.3 is 11.1 Å². The van der Waals surface area contributed by atoms with E-state index >= 15 is 0 Å². The lowest BCUT2D eigenvalue weighted by molar-refractivity contribution is -0.116. The summed E-state index contributed by atoms with van der Waals surface area (Å²) in [6.45, 7) is 1.96. The maximum atomic E-state index is 11.9. The van der Waals surface area contributed by atoms with Gasteiger partial charge in [-0.3, -0.25) is 4.79 Å². The quantitative estimate of drug-likeness (QED) is 0.862. The number of benzene rings is 2. The maximum Gasteiger partial charge on any atom is 0.224 e. The van der Waals surface area contributed by atoms with Gasteiger partial charge >= 0.3 is 0 Å². The maximum absolute atomic E-state index is 11.9. The highest BCUT2D eigenvalue weighted by Gasteiger charge is 2.05. The summed E-state index contributed by atoms with van der Waals surface area (Å²) in [5.41, 5.74) is 6.55. The zero-order valence-corrected chi connectivity index (χ0v) is 11.2. The smallest absolute Gasteiger partial charge is 0.224 e. The zero-order chi connectivity index (χ0) is 13.7. The Labute approximate surface area is 113 Å². The molecule has 3 heteroatoms. The van der Waals surface area contributed by atoms with Crippen molar-refractivity contribution in [3.63, 3.8) is 0 Å². The lowest BCUT2D eigenvalue weighted by Crippen LogP contribution is -2.16. The van der Waals surface area contributed by atoms with Crippen molar-refractivity contribution >= 4 is 22.4 Å². The molecule has 0 aliphatic carbocycles. The summed E-state index contributed by atoms with van der Waals surface area (Å²) < 4.78 is 0. The predicted octanol–water partition coefficient (Wildman–Crippen LogP) is 3.30. The molecule has 2 aromatic rings. The second-order valence-electron chi connectivity index (χ2n) is 4.94. The average molecular weight is 256 g/mol. The Balaban J connectivity index is 2.03. The molecule has 0 aliphatic heterocycles. The highest BCUT2D eigenvalue weighted by Crippen LogP contribution is 2.23. The second-order valence-corrected chi connectivity index (χ2v) is 4.94. The van der Waals surface area contributed by atoms with Crippen LogP contribution in [0.25, 0.3) is 10.8 Å². The van der Waals surface area contributed by atoms with E-state index in [1.165, 1.54) is 0 Å². The fraction of sp³-hybridized carbons (Fsp3) is 0.312. The molecule has 100 valence electrons. The van der Waals surface area contributed by atoms with Crippen molar-refractivity contribution in [3.8, 4) is 0 Å². The van der Waals surface area contributed by atoms with Gasteiger partial charge in [-0.15, -0.1) is 0 Å². The molecule has 0 fully saturated rings. The van der Waals surface area contributed by atoms with E-state index in [1.807, 2.05) is 49.4 Å². The molecular weight excluding hydrogens is 236 g/mol. The number of nitrogens with one attached hydrogen (secondary N) is 1. The standard InChI is InChI=1S/C16H20N2O/c1-12(17)6-4-11-16(19)18-15-10-5-8-13-7-2-3-9-14(13)15/h2-3,5,7-10,12H,4,6,11,17H2,1H3,(H,18,19). The molecule has 3 nitrogen and oxygen atoms in total. The van der Waals surface area contributed by atoms with Crippen LogP contribution in [0.3, 0.4) is 0 Å². The van der Waals surface area contributed by atoms with Gasteiger partial charge in [-0.1, -0.05) is 36.4 Å². The van der Waals surface area contributed by atoms with Gasteiger partial charge in [0.1, 0.15) is 0 Å². The Morgan fingerprint density at radius 3 is 2.74 bits per heavy atom. The summed E-state index contributed by atoms with van der Waals surface area (Å²) in [4.78, 5) is 11.9. The van der Waals surface area contributed by atoms with Gasteiger partial charge in [0.15, 0.2) is 0 Å². The summed E-state index contributed by atoms with van der Waals surface area (Å²) in [6, 6.07) is 14.1. The van der Waals surface area contributed by atoms with Crippen molar-refractivity contribution in [3.05, 3.63) is 42.5 Å². The van der Waals surface area contributed by atoms with Crippen LogP contribution in [-0.4, -0.2) is 11.9 Å². The average Bonchev–Trinajstić information content (AvgIpc) is 2.39. The van der Waals surface area contributed by atoms with Gasteiger partial charge in [-0.25, -0.2) is 0 Å². The minimum Gasteiger partial charge on any atom is -0.328 e. The van der Waals surface area contributed by atoms with Crippen molar-refractivity contribution in [2.24, 2.45) is 5.73 Å². The first-order valence-electron chi connectivity index (χ1n) is 6.70. The Morgan fingerprint density at radius 2 is 1.95 bits per heavy atom. The van der Waals surface area contributed by atoms with Crippen molar-refractivity contribution in [1.29, 1.82) is 0 Å². The molecule has 2 aromatic carbocycles. The first kappa shape index (κ1) is 13.6. The minimum atomic E-state index is 0.0528. The third-order valence-corrected chi connectivity index (χ3v) is 3.13. The SMILES string of the molecule is CC(N)CCCC(=O)Nc1cccc2ccccc12. The second kappa shape index (κ2) is 6.34. The first-order valence-corrected chi connectivity index (χ1v) is 6.70. The number of nitrogens with two attached hydrogens (primary N) is 1. The molecular formula is C16H20N2O. The molecule has 2 rings (SSSR count). The normalized spacial score (nSPS) is 12.3. The molecule has 0 bridgehead atoms. The molecule has 0 radical (unpaired) electrons. The monoisotopic (exact) mass is 256 g/mol. The van der Waals surface area contributed by atoms with Crippen LogP contribution >= 0.6 is 0 Å². The van der Waals surface area contributed by atoms with Gasteiger partial charge in [0, 0.05) is 23.5 Å². The van der Waals surface area contributed by atoms with Crippen LogP contribution in [0.4, 0.5) is 5.69 Å². The number of hydrogen-bond donors (Lipinski definition) is 2. The highest BCUT2D eigenvalue weighted by molar-refractivity contribution is 6.02. The fourth-order valence-electron chi connectivity index (χ4n) is 2.13. The Bertz CT molecular complexity index is 558. The first-order chi connectivity index (χ1) is 9.16. The molecule has 0 saturated carbocycles. The summed E-state index contributed by atoms with van der Waals surface area (Å²) >= 11 is 0. The van der Waals surface area contributed by atoms with E-state index in [2.05, 4.69) is 5.32 Å². The highest BCUT2D eigenvalue weighted by atomic mass is 16.1. The van der Waals surface area contributed by atoms with Crippen LogP contribution in [0.2, 0.25) is 0 Å². The molecule has 0 saturated heterocycles. The zero-order valence-electron chi connectivity index (χ0n) is 11.2. The van der Waals surface area contributed by atoms with Crippen molar-refractivity contribution < 1.29 is 4.79 Å². The van der Waals surface area contributed by atoms with E-state index in [1.54, 1.807) is 0 Å². The fourth-order valence-corrected chi connectivity index (χ4v) is 2.13. The van der Waals surface area contributed by atoms with E-state index in [0.717, 1.165) is 29.3 Å². The molecule has 1 amide bonds. The third kappa shape index (κ3) is 3.80. The number of anilines is 1. The third-order valence-electron chi connectivity index (χ3n) is 3.13. The molecule has 0 heterocycles. The van der Waals surface area contributed by atoms with Crippen LogP contribution in [0.5, 0.6) is 0 Å². The van der Waals surface area contributed by atoms with E-state index < -0.39 is 0 Å².